The third-order valence-corrected chi connectivity index (χ3v) is 4.01. The Morgan fingerprint density at radius 1 is 1.25 bits per heavy atom. The molecule has 0 radical (unpaired) electrons. The maximum absolute atomic E-state index is 14.3. The molecule has 3 rings (SSSR count). The van der Waals surface area contributed by atoms with Crippen LogP contribution in [0.4, 0.5) is 10.2 Å². The van der Waals surface area contributed by atoms with Crippen LogP contribution in [0.1, 0.15) is 24.2 Å². The van der Waals surface area contributed by atoms with E-state index in [1.807, 2.05) is 48.1 Å². The normalized spacial score (nSPS) is 12.1. The van der Waals surface area contributed by atoms with Crippen molar-refractivity contribution in [3.8, 4) is 0 Å². The van der Waals surface area contributed by atoms with Crippen molar-refractivity contribution in [2.45, 2.75) is 19.4 Å². The van der Waals surface area contributed by atoms with Crippen LogP contribution in [0.5, 0.6) is 0 Å². The summed E-state index contributed by atoms with van der Waals surface area (Å²) < 4.78 is 16.1. The molecule has 0 fully saturated rings. The van der Waals surface area contributed by atoms with E-state index in [-0.39, 0.29) is 11.9 Å². The summed E-state index contributed by atoms with van der Waals surface area (Å²) in [5.74, 6) is -0.205. The van der Waals surface area contributed by atoms with Crippen LogP contribution >= 0.6 is 11.6 Å². The summed E-state index contributed by atoms with van der Waals surface area (Å²) in [6, 6.07) is 9.26. The van der Waals surface area contributed by atoms with E-state index >= 15 is 0 Å². The number of anilines is 1. The largest absolute Gasteiger partial charge is 0.365 e. The van der Waals surface area contributed by atoms with Crippen molar-refractivity contribution < 1.29 is 4.39 Å². The molecule has 1 N–H and O–H groups in total. The lowest BCUT2D eigenvalue weighted by molar-refractivity contribution is 0.538. The second-order valence-electron chi connectivity index (χ2n) is 5.27. The van der Waals surface area contributed by atoms with Crippen LogP contribution in [0.3, 0.4) is 0 Å². The van der Waals surface area contributed by atoms with E-state index in [0.29, 0.717) is 23.7 Å². The summed E-state index contributed by atoms with van der Waals surface area (Å²) in [4.78, 5) is 7.94. The van der Waals surface area contributed by atoms with E-state index in [1.165, 1.54) is 6.33 Å². The zero-order chi connectivity index (χ0) is 16.9. The van der Waals surface area contributed by atoms with Crippen molar-refractivity contribution in [3.63, 3.8) is 0 Å². The van der Waals surface area contributed by atoms with Crippen LogP contribution in [0, 0.1) is 5.82 Å². The first-order valence-electron chi connectivity index (χ1n) is 7.67. The third-order valence-electron chi connectivity index (χ3n) is 3.76. The summed E-state index contributed by atoms with van der Waals surface area (Å²) in [7, 11) is 0. The predicted octanol–water partition coefficient (Wildman–Crippen LogP) is 3.73. The molecule has 0 bridgehead atoms. The molecule has 0 aliphatic heterocycles. The molecule has 2 aromatic heterocycles. The molecule has 0 amide bonds. The zero-order valence-corrected chi connectivity index (χ0v) is 13.9. The first-order chi connectivity index (χ1) is 11.7. The van der Waals surface area contributed by atoms with Gasteiger partial charge >= 0.3 is 0 Å². The number of aryl methyl sites for hydroxylation is 1. The number of hydrogen-bond donors (Lipinski definition) is 1. The van der Waals surface area contributed by atoms with Crippen LogP contribution in [-0.2, 0) is 6.42 Å². The Bertz CT molecular complexity index is 789. The van der Waals surface area contributed by atoms with Gasteiger partial charge in [0.15, 0.2) is 11.6 Å². The van der Waals surface area contributed by atoms with Crippen LogP contribution in [0.15, 0.2) is 49.1 Å². The van der Waals surface area contributed by atoms with Gasteiger partial charge in [-0.1, -0.05) is 30.7 Å². The lowest BCUT2D eigenvalue weighted by Gasteiger charge is -2.19. The first kappa shape index (κ1) is 16.4. The number of halogens is 2. The van der Waals surface area contributed by atoms with E-state index in [0.717, 1.165) is 5.56 Å². The second kappa shape index (κ2) is 7.40. The molecule has 0 aliphatic carbocycles. The molecule has 0 aliphatic rings. The summed E-state index contributed by atoms with van der Waals surface area (Å²) in [6.45, 7) is 2.29. The van der Waals surface area contributed by atoms with E-state index in [2.05, 4.69) is 20.4 Å². The quantitative estimate of drug-likeness (QED) is 0.739. The summed E-state index contributed by atoms with van der Waals surface area (Å²) in [5.41, 5.74) is 1.41. The molecule has 7 heteroatoms. The van der Waals surface area contributed by atoms with Gasteiger partial charge in [-0.3, -0.25) is 4.68 Å². The van der Waals surface area contributed by atoms with Crippen molar-refractivity contribution in [3.05, 3.63) is 71.2 Å². The maximum Gasteiger partial charge on any atom is 0.186 e. The van der Waals surface area contributed by atoms with Crippen LogP contribution in [0.2, 0.25) is 5.02 Å². The molecule has 0 saturated carbocycles. The Labute approximate surface area is 144 Å². The number of hydrogen-bond acceptors (Lipinski definition) is 4. The Morgan fingerprint density at radius 2 is 2.04 bits per heavy atom. The van der Waals surface area contributed by atoms with E-state index in [1.54, 1.807) is 6.20 Å². The fourth-order valence-corrected chi connectivity index (χ4v) is 2.61. The van der Waals surface area contributed by atoms with Crippen molar-refractivity contribution in [1.29, 1.82) is 0 Å². The van der Waals surface area contributed by atoms with Gasteiger partial charge in [0, 0.05) is 24.0 Å². The van der Waals surface area contributed by atoms with Gasteiger partial charge in [-0.05, 0) is 30.2 Å². The van der Waals surface area contributed by atoms with Gasteiger partial charge in [-0.25, -0.2) is 14.4 Å². The molecule has 0 saturated heterocycles. The molecular weight excluding hydrogens is 329 g/mol. The summed E-state index contributed by atoms with van der Waals surface area (Å²) >= 11 is 5.96. The van der Waals surface area contributed by atoms with E-state index in [9.17, 15) is 4.39 Å². The average molecular weight is 346 g/mol. The lowest BCUT2D eigenvalue weighted by atomic mass is 10.1. The molecule has 24 heavy (non-hydrogen) atoms. The maximum atomic E-state index is 14.3. The number of benzene rings is 1. The predicted molar refractivity (Wildman–Crippen MR) is 91.7 cm³/mol. The minimum atomic E-state index is -0.407. The fraction of sp³-hybridized carbons (Fsp3) is 0.235. The minimum Gasteiger partial charge on any atom is -0.365 e. The highest BCUT2D eigenvalue weighted by molar-refractivity contribution is 6.30. The highest BCUT2D eigenvalue weighted by atomic mass is 35.5. The topological polar surface area (TPSA) is 55.6 Å². The summed E-state index contributed by atoms with van der Waals surface area (Å²) in [5, 5.41) is 8.04. The number of rotatable bonds is 6. The molecule has 1 unspecified atom stereocenters. The minimum absolute atomic E-state index is 0.114. The van der Waals surface area contributed by atoms with Crippen molar-refractivity contribution in [2.75, 3.05) is 11.9 Å². The smallest absolute Gasteiger partial charge is 0.186 e. The van der Waals surface area contributed by atoms with Gasteiger partial charge in [-0.15, -0.1) is 0 Å². The van der Waals surface area contributed by atoms with Crippen molar-refractivity contribution in [1.82, 2.24) is 19.7 Å². The molecular formula is C17H17ClFN5. The molecule has 5 nitrogen and oxygen atoms in total. The summed E-state index contributed by atoms with van der Waals surface area (Å²) in [6.07, 6.45) is 5.47. The Morgan fingerprint density at radius 3 is 2.71 bits per heavy atom. The van der Waals surface area contributed by atoms with Crippen LogP contribution in [-0.4, -0.2) is 26.3 Å². The van der Waals surface area contributed by atoms with Gasteiger partial charge in [0.25, 0.3) is 0 Å². The molecule has 3 aromatic rings. The second-order valence-corrected chi connectivity index (χ2v) is 5.71. The highest BCUT2D eigenvalue weighted by Gasteiger charge is 2.16. The van der Waals surface area contributed by atoms with Gasteiger partial charge in [0.05, 0.1) is 11.7 Å². The van der Waals surface area contributed by atoms with Crippen molar-refractivity contribution >= 4 is 17.4 Å². The first-order valence-corrected chi connectivity index (χ1v) is 8.04. The highest BCUT2D eigenvalue weighted by Crippen LogP contribution is 2.21. The van der Waals surface area contributed by atoms with Gasteiger partial charge < -0.3 is 5.32 Å². The van der Waals surface area contributed by atoms with Gasteiger partial charge in [0.2, 0.25) is 0 Å². The number of nitrogens with zero attached hydrogens (tertiary/aromatic N) is 4. The molecule has 1 aromatic carbocycles. The number of aromatic nitrogens is 4. The average Bonchev–Trinajstić information content (AvgIpc) is 3.12. The monoisotopic (exact) mass is 345 g/mol. The van der Waals surface area contributed by atoms with Crippen LogP contribution in [0.25, 0.3) is 0 Å². The van der Waals surface area contributed by atoms with Crippen molar-refractivity contribution in [2.24, 2.45) is 0 Å². The lowest BCUT2D eigenvalue weighted by Crippen LogP contribution is -2.22. The third kappa shape index (κ3) is 3.54. The molecule has 1 atom stereocenters. The Hall–Kier alpha value is -2.47. The van der Waals surface area contributed by atoms with E-state index in [4.69, 9.17) is 11.6 Å². The SMILES string of the molecule is CCc1ncnc(NCC(c2ccc(Cl)cc2)n2cccn2)c1F. The van der Waals surface area contributed by atoms with Gasteiger partial charge in [0.1, 0.15) is 6.33 Å². The molecule has 2 heterocycles. The Balaban J connectivity index is 1.84. The number of nitrogens with one attached hydrogen (secondary N) is 1. The molecule has 124 valence electrons. The van der Waals surface area contributed by atoms with Crippen LogP contribution < -0.4 is 5.32 Å². The molecule has 0 spiro atoms. The zero-order valence-electron chi connectivity index (χ0n) is 13.2. The standard InChI is InChI=1S/C17H17ClFN5/c1-2-14-16(19)17(22-11-21-14)20-10-15(24-9-3-8-23-24)12-4-6-13(18)7-5-12/h3-9,11,15H,2,10H2,1H3,(H,20,21,22). The van der Waals surface area contributed by atoms with Gasteiger partial charge in [-0.2, -0.15) is 5.10 Å². The fourth-order valence-electron chi connectivity index (χ4n) is 2.48. The Kier molecular flexibility index (Phi) is 5.05. The van der Waals surface area contributed by atoms with E-state index < -0.39 is 5.82 Å².